The van der Waals surface area contributed by atoms with E-state index >= 15 is 0 Å². The fourth-order valence-electron chi connectivity index (χ4n) is 6.51. The van der Waals surface area contributed by atoms with Crippen LogP contribution in [0.4, 0.5) is 0 Å². The van der Waals surface area contributed by atoms with Crippen molar-refractivity contribution in [2.45, 2.75) is 39.5 Å². The molecule has 0 saturated heterocycles. The zero-order valence-electron chi connectivity index (χ0n) is 25.8. The lowest BCUT2D eigenvalue weighted by Crippen LogP contribution is -2.07. The van der Waals surface area contributed by atoms with Crippen LogP contribution in [0.25, 0.3) is 60.7 Å². The second kappa shape index (κ2) is 10.6. The zero-order chi connectivity index (χ0) is 30.7. The first-order valence-electron chi connectivity index (χ1n) is 15.5. The minimum Gasteiger partial charge on any atom is -0.457 e. The molecule has 0 aliphatic rings. The molecule has 45 heavy (non-hydrogen) atoms. The molecule has 0 amide bonds. The summed E-state index contributed by atoms with van der Waals surface area (Å²) >= 11 is 0. The Kier molecular flexibility index (Phi) is 6.42. The molecule has 0 N–H and O–H groups in total. The van der Waals surface area contributed by atoms with Gasteiger partial charge in [0.2, 0.25) is 0 Å². The van der Waals surface area contributed by atoms with Crippen LogP contribution in [0.5, 0.6) is 11.5 Å². The summed E-state index contributed by atoms with van der Waals surface area (Å²) in [5.74, 6) is 3.14. The predicted octanol–water partition coefficient (Wildman–Crippen LogP) is 11.2. The molecule has 5 aromatic carbocycles. The molecule has 5 heteroatoms. The number of nitrogens with zero attached hydrogens (tertiary/aromatic N) is 3. The van der Waals surface area contributed by atoms with E-state index in [-0.39, 0.29) is 0 Å². The van der Waals surface area contributed by atoms with Gasteiger partial charge in [-0.3, -0.25) is 9.55 Å². The molecule has 0 bridgehead atoms. The number of fused-ring (bicyclic) bond motifs is 7. The predicted molar refractivity (Wildman–Crippen MR) is 184 cm³/mol. The third-order valence-electron chi connectivity index (χ3n) is 8.72. The number of benzene rings is 5. The summed E-state index contributed by atoms with van der Waals surface area (Å²) in [6, 6.07) is 33.3. The molecule has 0 radical (unpaired) electrons. The highest BCUT2D eigenvalue weighted by molar-refractivity contribution is 6.18. The fourth-order valence-corrected chi connectivity index (χ4v) is 6.51. The Balaban J connectivity index is 1.19. The number of furan rings is 1. The Morgan fingerprint density at radius 3 is 2.24 bits per heavy atom. The summed E-state index contributed by atoms with van der Waals surface area (Å²) in [6.45, 7) is 8.98. The topological polar surface area (TPSA) is 53.1 Å². The van der Waals surface area contributed by atoms with E-state index in [1.165, 1.54) is 16.8 Å². The third kappa shape index (κ3) is 4.54. The molecule has 3 heterocycles. The van der Waals surface area contributed by atoms with Crippen LogP contribution in [0.2, 0.25) is 0 Å². The molecular formula is C40H33N3O2. The molecule has 0 aliphatic carbocycles. The van der Waals surface area contributed by atoms with E-state index in [9.17, 15) is 0 Å². The molecular weight excluding hydrogens is 554 g/mol. The molecule has 0 spiro atoms. The van der Waals surface area contributed by atoms with Gasteiger partial charge in [-0.2, -0.15) is 0 Å². The van der Waals surface area contributed by atoms with Crippen LogP contribution in [-0.2, 0) is 0 Å². The number of aromatic nitrogens is 3. The number of rotatable bonds is 6. The van der Waals surface area contributed by atoms with Crippen LogP contribution in [-0.4, -0.2) is 14.5 Å². The SMILES string of the molecule is CC(C)c1cccc(C(C)C)c1-n1ccnc1-c1cccc(Oc2ccc3ccc4c(ncc5c6ccccc6oc54)c3c2)c1. The van der Waals surface area contributed by atoms with E-state index in [1.54, 1.807) is 0 Å². The number of ether oxygens (including phenoxy) is 1. The van der Waals surface area contributed by atoms with Gasteiger partial charge >= 0.3 is 0 Å². The van der Waals surface area contributed by atoms with Crippen molar-refractivity contribution in [3.05, 3.63) is 127 Å². The summed E-state index contributed by atoms with van der Waals surface area (Å²) < 4.78 is 15.0. The Hall–Kier alpha value is -5.42. The monoisotopic (exact) mass is 587 g/mol. The Morgan fingerprint density at radius 2 is 1.42 bits per heavy atom. The summed E-state index contributed by atoms with van der Waals surface area (Å²) in [4.78, 5) is 9.72. The molecule has 0 unspecified atom stereocenters. The molecule has 0 atom stereocenters. The number of imidazole rings is 1. The largest absolute Gasteiger partial charge is 0.457 e. The van der Waals surface area contributed by atoms with Crippen molar-refractivity contribution in [2.75, 3.05) is 0 Å². The summed E-state index contributed by atoms with van der Waals surface area (Å²) in [7, 11) is 0. The number of hydrogen-bond acceptors (Lipinski definition) is 4. The maximum absolute atomic E-state index is 6.49. The average molecular weight is 588 g/mol. The van der Waals surface area contributed by atoms with E-state index in [0.29, 0.717) is 11.8 Å². The van der Waals surface area contributed by atoms with Crippen LogP contribution in [0.15, 0.2) is 120 Å². The van der Waals surface area contributed by atoms with Gasteiger partial charge in [-0.1, -0.05) is 88.4 Å². The van der Waals surface area contributed by atoms with Crippen molar-refractivity contribution in [2.24, 2.45) is 0 Å². The van der Waals surface area contributed by atoms with E-state index in [0.717, 1.165) is 66.5 Å². The summed E-state index contributed by atoms with van der Waals surface area (Å²) in [5, 5.41) is 5.21. The first-order chi connectivity index (χ1) is 22.0. The highest BCUT2D eigenvalue weighted by atomic mass is 16.5. The van der Waals surface area contributed by atoms with Crippen LogP contribution in [0.3, 0.4) is 0 Å². The van der Waals surface area contributed by atoms with Gasteiger partial charge in [-0.25, -0.2) is 4.98 Å². The summed E-state index contributed by atoms with van der Waals surface area (Å²) in [6.07, 6.45) is 5.87. The smallest absolute Gasteiger partial charge is 0.146 e. The first-order valence-corrected chi connectivity index (χ1v) is 15.5. The Bertz CT molecular complexity index is 2350. The van der Waals surface area contributed by atoms with Crippen molar-refractivity contribution >= 4 is 43.6 Å². The number of pyridine rings is 1. The third-order valence-corrected chi connectivity index (χ3v) is 8.72. The molecule has 0 aliphatic heterocycles. The van der Waals surface area contributed by atoms with Gasteiger partial charge in [0.05, 0.1) is 11.2 Å². The van der Waals surface area contributed by atoms with Crippen molar-refractivity contribution in [1.82, 2.24) is 14.5 Å². The van der Waals surface area contributed by atoms with Gasteiger partial charge in [0.1, 0.15) is 28.5 Å². The van der Waals surface area contributed by atoms with Crippen LogP contribution < -0.4 is 4.74 Å². The molecule has 8 aromatic rings. The Labute approximate surface area is 261 Å². The zero-order valence-corrected chi connectivity index (χ0v) is 25.8. The maximum atomic E-state index is 6.49. The van der Waals surface area contributed by atoms with Crippen LogP contribution >= 0.6 is 0 Å². The van der Waals surface area contributed by atoms with E-state index in [2.05, 4.69) is 99.1 Å². The normalized spacial score (nSPS) is 12.0. The molecule has 0 fully saturated rings. The molecule has 8 rings (SSSR count). The number of para-hydroxylation sites is 2. The second-order valence-electron chi connectivity index (χ2n) is 12.3. The minimum atomic E-state index is 0.380. The standard InChI is InChI=1S/C40H33N3O2/c1-24(2)30-12-8-13-31(25(3)4)38(30)43-20-19-41-40(43)27-9-7-10-28(21-27)44-29-17-15-26-16-18-33-37(34(26)22-29)42-23-35-32-11-5-6-14-36(32)45-39(33)35/h5-25H,1-4H3. The maximum Gasteiger partial charge on any atom is 0.146 e. The molecule has 220 valence electrons. The highest BCUT2D eigenvalue weighted by Gasteiger charge is 2.19. The Morgan fingerprint density at radius 1 is 0.667 bits per heavy atom. The van der Waals surface area contributed by atoms with Gasteiger partial charge in [0.25, 0.3) is 0 Å². The lowest BCUT2D eigenvalue weighted by Gasteiger charge is -2.22. The lowest BCUT2D eigenvalue weighted by molar-refractivity contribution is 0.483. The quantitative estimate of drug-likeness (QED) is 0.182. The second-order valence-corrected chi connectivity index (χ2v) is 12.3. The highest BCUT2D eigenvalue weighted by Crippen LogP contribution is 2.38. The minimum absolute atomic E-state index is 0.380. The molecule has 0 saturated carbocycles. The van der Waals surface area contributed by atoms with Gasteiger partial charge in [0, 0.05) is 45.7 Å². The lowest BCUT2D eigenvalue weighted by atomic mass is 9.92. The van der Waals surface area contributed by atoms with E-state index in [4.69, 9.17) is 19.1 Å². The van der Waals surface area contributed by atoms with E-state index in [1.807, 2.05) is 48.8 Å². The van der Waals surface area contributed by atoms with Crippen molar-refractivity contribution < 1.29 is 9.15 Å². The summed E-state index contributed by atoms with van der Waals surface area (Å²) in [5.41, 5.74) is 7.45. The van der Waals surface area contributed by atoms with Gasteiger partial charge in [0.15, 0.2) is 0 Å². The fraction of sp³-hybridized carbons (Fsp3) is 0.150. The number of hydrogen-bond donors (Lipinski definition) is 0. The molecule has 5 nitrogen and oxygen atoms in total. The first kappa shape index (κ1) is 27.2. The van der Waals surface area contributed by atoms with Gasteiger partial charge in [-0.05, 0) is 64.7 Å². The van der Waals surface area contributed by atoms with Crippen LogP contribution in [0.1, 0.15) is 50.7 Å². The van der Waals surface area contributed by atoms with Crippen molar-refractivity contribution in [1.29, 1.82) is 0 Å². The van der Waals surface area contributed by atoms with Gasteiger partial charge < -0.3 is 9.15 Å². The van der Waals surface area contributed by atoms with E-state index < -0.39 is 0 Å². The van der Waals surface area contributed by atoms with Crippen molar-refractivity contribution in [3.8, 4) is 28.6 Å². The van der Waals surface area contributed by atoms with Crippen molar-refractivity contribution in [3.63, 3.8) is 0 Å². The average Bonchev–Trinajstić information content (AvgIpc) is 3.70. The van der Waals surface area contributed by atoms with Crippen LogP contribution in [0, 0.1) is 0 Å². The molecule has 3 aromatic heterocycles. The van der Waals surface area contributed by atoms with Gasteiger partial charge in [-0.15, -0.1) is 0 Å².